The molecule has 25 heavy (non-hydrogen) atoms. The number of halogens is 4. The summed E-state index contributed by atoms with van der Waals surface area (Å²) in [7, 11) is 0. The average molecular weight is 375 g/mol. The molecular formula is C14H10ClF3N4O3. The van der Waals surface area contributed by atoms with E-state index >= 15 is 0 Å². The van der Waals surface area contributed by atoms with Crippen LogP contribution in [0.5, 0.6) is 5.75 Å². The highest BCUT2D eigenvalue weighted by atomic mass is 35.5. The molecule has 0 atom stereocenters. The highest BCUT2D eigenvalue weighted by molar-refractivity contribution is 6.34. The third-order valence-electron chi connectivity index (χ3n) is 3.21. The summed E-state index contributed by atoms with van der Waals surface area (Å²) in [6, 6.07) is 3.59. The molecule has 2 N–H and O–H groups in total. The lowest BCUT2D eigenvalue weighted by molar-refractivity contribution is -0.141. The Morgan fingerprint density at radius 2 is 2.20 bits per heavy atom. The number of nitrogens with one attached hydrogen (secondary N) is 2. The lowest BCUT2D eigenvalue weighted by Gasteiger charge is -2.19. The van der Waals surface area contributed by atoms with Gasteiger partial charge >= 0.3 is 6.18 Å². The topological polar surface area (TPSA) is 85.3 Å². The zero-order valence-corrected chi connectivity index (χ0v) is 13.1. The van der Waals surface area contributed by atoms with Crippen molar-refractivity contribution in [3.8, 4) is 5.75 Å². The van der Waals surface area contributed by atoms with E-state index in [1.165, 1.54) is 12.1 Å². The maximum atomic E-state index is 12.5. The molecule has 0 aliphatic carbocycles. The SMILES string of the molecule is O=C(Cn1ccc(C(F)(F)F)n1)Nc1cc2c(cc1Cl)NC(=O)CO2. The third-order valence-corrected chi connectivity index (χ3v) is 3.53. The van der Waals surface area contributed by atoms with Gasteiger partial charge in [-0.2, -0.15) is 18.3 Å². The molecule has 2 aromatic rings. The molecule has 2 amide bonds. The van der Waals surface area contributed by atoms with E-state index in [9.17, 15) is 22.8 Å². The normalized spacial score (nSPS) is 13.7. The number of hydrogen-bond donors (Lipinski definition) is 2. The number of fused-ring (bicyclic) bond motifs is 1. The van der Waals surface area contributed by atoms with Gasteiger partial charge in [-0.15, -0.1) is 0 Å². The molecule has 2 heterocycles. The Kier molecular flexibility index (Phi) is 4.29. The van der Waals surface area contributed by atoms with Crippen LogP contribution in [0, 0.1) is 0 Å². The molecule has 0 saturated carbocycles. The fourth-order valence-corrected chi connectivity index (χ4v) is 2.34. The first kappa shape index (κ1) is 17.1. The molecule has 11 heteroatoms. The third kappa shape index (κ3) is 3.85. The number of nitrogens with zero attached hydrogens (tertiary/aromatic N) is 2. The number of rotatable bonds is 3. The molecule has 0 bridgehead atoms. The lowest BCUT2D eigenvalue weighted by atomic mass is 10.2. The Balaban J connectivity index is 1.71. The summed E-state index contributed by atoms with van der Waals surface area (Å²) in [5.74, 6) is -0.643. The van der Waals surface area contributed by atoms with E-state index in [1.807, 2.05) is 0 Å². The molecule has 0 unspecified atom stereocenters. The summed E-state index contributed by atoms with van der Waals surface area (Å²) in [6.07, 6.45) is -3.53. The van der Waals surface area contributed by atoms with Crippen LogP contribution in [0.1, 0.15) is 5.69 Å². The van der Waals surface area contributed by atoms with E-state index in [-0.39, 0.29) is 23.2 Å². The minimum atomic E-state index is -4.58. The van der Waals surface area contributed by atoms with Crippen molar-refractivity contribution in [2.24, 2.45) is 0 Å². The summed E-state index contributed by atoms with van der Waals surface area (Å²) in [5.41, 5.74) is -0.526. The number of amides is 2. The number of anilines is 2. The maximum Gasteiger partial charge on any atom is 0.435 e. The minimum absolute atomic E-state index is 0.134. The van der Waals surface area contributed by atoms with Gasteiger partial charge in [-0.1, -0.05) is 11.6 Å². The van der Waals surface area contributed by atoms with Crippen molar-refractivity contribution in [3.05, 3.63) is 35.1 Å². The van der Waals surface area contributed by atoms with E-state index in [2.05, 4.69) is 15.7 Å². The highest BCUT2D eigenvalue weighted by Crippen LogP contribution is 2.36. The molecule has 1 aliphatic heterocycles. The second-order valence-electron chi connectivity index (χ2n) is 5.11. The molecule has 3 rings (SSSR count). The van der Waals surface area contributed by atoms with Crippen molar-refractivity contribution in [3.63, 3.8) is 0 Å². The van der Waals surface area contributed by atoms with E-state index in [1.54, 1.807) is 0 Å². The average Bonchev–Trinajstić information content (AvgIpc) is 2.97. The van der Waals surface area contributed by atoms with Crippen LogP contribution in [0.15, 0.2) is 24.4 Å². The number of carbonyl (C=O) groups excluding carboxylic acids is 2. The molecule has 0 spiro atoms. The summed E-state index contributed by atoms with van der Waals surface area (Å²) >= 11 is 6.03. The van der Waals surface area contributed by atoms with Crippen molar-refractivity contribution in [1.82, 2.24) is 9.78 Å². The molecule has 1 aliphatic rings. The van der Waals surface area contributed by atoms with Gasteiger partial charge in [-0.3, -0.25) is 14.3 Å². The Morgan fingerprint density at radius 3 is 2.88 bits per heavy atom. The van der Waals surface area contributed by atoms with Crippen LogP contribution in [0.4, 0.5) is 24.5 Å². The van der Waals surface area contributed by atoms with Crippen LogP contribution in [0.3, 0.4) is 0 Å². The molecule has 0 radical (unpaired) electrons. The van der Waals surface area contributed by atoms with Gasteiger partial charge in [0, 0.05) is 12.3 Å². The van der Waals surface area contributed by atoms with Crippen molar-refractivity contribution >= 4 is 34.8 Å². The van der Waals surface area contributed by atoms with E-state index in [0.29, 0.717) is 11.4 Å². The molecule has 0 fully saturated rings. The van der Waals surface area contributed by atoms with Gasteiger partial charge in [0.25, 0.3) is 5.91 Å². The molecule has 1 aromatic heterocycles. The largest absolute Gasteiger partial charge is 0.482 e. The van der Waals surface area contributed by atoms with Gasteiger partial charge in [0.2, 0.25) is 5.91 Å². The van der Waals surface area contributed by atoms with Gasteiger partial charge in [0.15, 0.2) is 12.3 Å². The van der Waals surface area contributed by atoms with Crippen LogP contribution in [-0.2, 0) is 22.3 Å². The van der Waals surface area contributed by atoms with Crippen LogP contribution in [-0.4, -0.2) is 28.2 Å². The van der Waals surface area contributed by atoms with Crippen molar-refractivity contribution in [1.29, 1.82) is 0 Å². The van der Waals surface area contributed by atoms with E-state index in [0.717, 1.165) is 16.9 Å². The number of carbonyl (C=O) groups is 2. The predicted molar refractivity (Wildman–Crippen MR) is 81.4 cm³/mol. The fourth-order valence-electron chi connectivity index (χ4n) is 2.13. The van der Waals surface area contributed by atoms with Crippen LogP contribution in [0.2, 0.25) is 5.02 Å². The highest BCUT2D eigenvalue weighted by Gasteiger charge is 2.33. The Labute approximate surface area is 143 Å². The maximum absolute atomic E-state index is 12.5. The van der Waals surface area contributed by atoms with Gasteiger partial charge in [-0.25, -0.2) is 0 Å². The first-order chi connectivity index (χ1) is 11.7. The molecular weight excluding hydrogens is 365 g/mol. The van der Waals surface area contributed by atoms with Gasteiger partial charge in [-0.05, 0) is 12.1 Å². The van der Waals surface area contributed by atoms with E-state index < -0.39 is 24.3 Å². The van der Waals surface area contributed by atoms with Gasteiger partial charge < -0.3 is 15.4 Å². The second kappa shape index (κ2) is 6.28. The number of hydrogen-bond acceptors (Lipinski definition) is 4. The zero-order chi connectivity index (χ0) is 18.2. The summed E-state index contributed by atoms with van der Waals surface area (Å²) < 4.78 is 43.5. The quantitative estimate of drug-likeness (QED) is 0.864. The number of benzene rings is 1. The lowest BCUT2D eigenvalue weighted by Crippen LogP contribution is -2.25. The number of alkyl halides is 3. The van der Waals surface area contributed by atoms with Gasteiger partial charge in [0.1, 0.15) is 12.3 Å². The zero-order valence-electron chi connectivity index (χ0n) is 12.4. The van der Waals surface area contributed by atoms with Crippen LogP contribution >= 0.6 is 11.6 Å². The smallest absolute Gasteiger partial charge is 0.435 e. The van der Waals surface area contributed by atoms with E-state index in [4.69, 9.17) is 16.3 Å². The second-order valence-corrected chi connectivity index (χ2v) is 5.52. The van der Waals surface area contributed by atoms with Crippen molar-refractivity contribution < 1.29 is 27.5 Å². The fraction of sp³-hybridized carbons (Fsp3) is 0.214. The number of aromatic nitrogens is 2. The standard InChI is InChI=1S/C14H10ClF3N4O3/c15-7-3-9-10(25-6-13(24)20-9)4-8(7)19-12(23)5-22-2-1-11(21-22)14(16,17)18/h1-4H,5-6H2,(H,19,23)(H,20,24). The van der Waals surface area contributed by atoms with Crippen molar-refractivity contribution in [2.75, 3.05) is 17.2 Å². The minimum Gasteiger partial charge on any atom is -0.482 e. The molecule has 0 saturated heterocycles. The predicted octanol–water partition coefficient (Wildman–Crippen LogP) is 2.52. The summed E-state index contributed by atoms with van der Waals surface area (Å²) in [6.45, 7) is -0.601. The number of ether oxygens (including phenoxy) is 1. The summed E-state index contributed by atoms with van der Waals surface area (Å²) in [4.78, 5) is 23.2. The van der Waals surface area contributed by atoms with Crippen LogP contribution in [0.25, 0.3) is 0 Å². The Hall–Kier alpha value is -2.75. The Bertz CT molecular complexity index is 850. The van der Waals surface area contributed by atoms with Gasteiger partial charge in [0.05, 0.1) is 16.4 Å². The van der Waals surface area contributed by atoms with Crippen LogP contribution < -0.4 is 15.4 Å². The first-order valence-electron chi connectivity index (χ1n) is 6.89. The Morgan fingerprint density at radius 1 is 1.44 bits per heavy atom. The molecule has 1 aromatic carbocycles. The van der Waals surface area contributed by atoms with Crippen molar-refractivity contribution in [2.45, 2.75) is 12.7 Å². The monoisotopic (exact) mass is 374 g/mol. The molecule has 7 nitrogen and oxygen atoms in total. The first-order valence-corrected chi connectivity index (χ1v) is 7.27. The molecule has 132 valence electrons. The summed E-state index contributed by atoms with van der Waals surface area (Å²) in [5, 5.41) is 8.44.